The molecule has 1 fully saturated rings. The molecule has 1 aliphatic rings. The quantitative estimate of drug-likeness (QED) is 0.425. The van der Waals surface area contributed by atoms with Crippen LogP contribution in [0.25, 0.3) is 0 Å². The van der Waals surface area contributed by atoms with Crippen LogP contribution in [0, 0.1) is 0 Å². The highest BCUT2D eigenvalue weighted by atomic mass is 31.1. The Morgan fingerprint density at radius 2 is 2.00 bits per heavy atom. The Kier molecular flexibility index (Phi) is 1.74. The van der Waals surface area contributed by atoms with Crippen LogP contribution < -0.4 is 0 Å². The standard InChI is InChI=1S/C3H5O3P/c4-3-1-5-7-6-2-3/h7H,1-2H2. The molecule has 7 heavy (non-hydrogen) atoms. The molecule has 1 rings (SSSR count). The average Bonchev–Trinajstić information content (AvgIpc) is 1.69. The van der Waals surface area contributed by atoms with Crippen LogP contribution in [-0.4, -0.2) is 19.0 Å². The fourth-order valence-corrected chi connectivity index (χ4v) is 0.826. The van der Waals surface area contributed by atoms with Crippen LogP contribution in [0.4, 0.5) is 0 Å². The van der Waals surface area contributed by atoms with Gasteiger partial charge in [0, 0.05) is 0 Å². The Morgan fingerprint density at radius 1 is 1.43 bits per heavy atom. The van der Waals surface area contributed by atoms with Crippen LogP contribution in [0.15, 0.2) is 0 Å². The summed E-state index contributed by atoms with van der Waals surface area (Å²) in [6, 6.07) is 0. The molecule has 40 valence electrons. The Morgan fingerprint density at radius 3 is 2.29 bits per heavy atom. The Balaban J connectivity index is 2.25. The van der Waals surface area contributed by atoms with Crippen molar-refractivity contribution in [2.45, 2.75) is 0 Å². The van der Waals surface area contributed by atoms with Gasteiger partial charge in [0.2, 0.25) is 0 Å². The van der Waals surface area contributed by atoms with Gasteiger partial charge < -0.3 is 9.05 Å². The molecule has 1 aliphatic heterocycles. The number of ketones is 1. The summed E-state index contributed by atoms with van der Waals surface area (Å²) < 4.78 is 9.28. The molecular weight excluding hydrogens is 115 g/mol. The smallest absolute Gasteiger partial charge is 0.184 e. The van der Waals surface area contributed by atoms with E-state index in [2.05, 4.69) is 9.05 Å². The predicted molar refractivity (Wildman–Crippen MR) is 25.2 cm³/mol. The molecule has 0 aromatic heterocycles. The lowest BCUT2D eigenvalue weighted by Crippen LogP contribution is -2.15. The van der Waals surface area contributed by atoms with Gasteiger partial charge in [-0.1, -0.05) is 0 Å². The first-order valence-corrected chi connectivity index (χ1v) is 2.71. The van der Waals surface area contributed by atoms with E-state index in [1.165, 1.54) is 0 Å². The second-order valence-corrected chi connectivity index (χ2v) is 1.94. The monoisotopic (exact) mass is 120 g/mol. The molecule has 1 saturated heterocycles. The summed E-state index contributed by atoms with van der Waals surface area (Å²) in [6.45, 7) is 0.469. The first-order chi connectivity index (χ1) is 3.39. The zero-order valence-corrected chi connectivity index (χ0v) is 4.64. The molecular formula is C3H5O3P. The van der Waals surface area contributed by atoms with Gasteiger partial charge in [-0.2, -0.15) is 0 Å². The highest BCUT2D eigenvalue weighted by Crippen LogP contribution is 2.16. The van der Waals surface area contributed by atoms with Crippen LogP contribution in [0.1, 0.15) is 0 Å². The average molecular weight is 120 g/mol. The zero-order valence-electron chi connectivity index (χ0n) is 3.64. The number of Topliss-reactive ketones (excluding diaryl/α,β-unsaturated/α-hetero) is 1. The lowest BCUT2D eigenvalue weighted by Gasteiger charge is -2.07. The molecule has 0 amide bonds. The summed E-state index contributed by atoms with van der Waals surface area (Å²) in [4.78, 5) is 10.2. The molecule has 0 aliphatic carbocycles. The van der Waals surface area contributed by atoms with Crippen molar-refractivity contribution in [3.05, 3.63) is 0 Å². The third-order valence-corrected chi connectivity index (χ3v) is 1.11. The van der Waals surface area contributed by atoms with Crippen molar-refractivity contribution in [3.63, 3.8) is 0 Å². The van der Waals surface area contributed by atoms with Gasteiger partial charge in [0.05, 0.1) is 0 Å². The minimum Gasteiger partial charge on any atom is -0.328 e. The molecule has 3 nitrogen and oxygen atoms in total. The number of hydrogen-bond acceptors (Lipinski definition) is 3. The highest BCUT2D eigenvalue weighted by molar-refractivity contribution is 7.26. The molecule has 0 unspecified atom stereocenters. The van der Waals surface area contributed by atoms with Crippen LogP contribution in [0.5, 0.6) is 0 Å². The first kappa shape index (κ1) is 5.16. The fourth-order valence-electron chi connectivity index (χ4n) is 0.303. The molecule has 0 aromatic rings. The second-order valence-electron chi connectivity index (χ2n) is 1.20. The normalized spacial score (nSPS) is 22.6. The van der Waals surface area contributed by atoms with Crippen molar-refractivity contribution >= 4 is 14.8 Å². The first-order valence-electron chi connectivity index (χ1n) is 1.90. The summed E-state index contributed by atoms with van der Waals surface area (Å²) >= 11 is 0. The van der Waals surface area contributed by atoms with Gasteiger partial charge in [0.25, 0.3) is 0 Å². The fraction of sp³-hybridized carbons (Fsp3) is 0.667. The molecule has 1 heterocycles. The van der Waals surface area contributed by atoms with E-state index in [0.29, 0.717) is 0 Å². The van der Waals surface area contributed by atoms with Crippen molar-refractivity contribution in [1.29, 1.82) is 0 Å². The van der Waals surface area contributed by atoms with Gasteiger partial charge in [-0.15, -0.1) is 0 Å². The van der Waals surface area contributed by atoms with Crippen LogP contribution in [-0.2, 0) is 13.8 Å². The number of rotatable bonds is 0. The van der Waals surface area contributed by atoms with Gasteiger partial charge in [0.15, 0.2) is 14.8 Å². The van der Waals surface area contributed by atoms with Crippen LogP contribution in [0.2, 0.25) is 0 Å². The number of hydrogen-bond donors (Lipinski definition) is 0. The van der Waals surface area contributed by atoms with Gasteiger partial charge in [-0.05, 0) is 0 Å². The van der Waals surface area contributed by atoms with E-state index in [0.717, 1.165) is 0 Å². The summed E-state index contributed by atoms with van der Waals surface area (Å²) in [5, 5.41) is 0. The largest absolute Gasteiger partial charge is 0.328 e. The van der Waals surface area contributed by atoms with Crippen molar-refractivity contribution in [1.82, 2.24) is 0 Å². The molecule has 0 radical (unpaired) electrons. The molecule has 0 N–H and O–H groups in total. The second kappa shape index (κ2) is 2.36. The van der Waals surface area contributed by atoms with E-state index >= 15 is 0 Å². The highest BCUT2D eigenvalue weighted by Gasteiger charge is 2.06. The van der Waals surface area contributed by atoms with Gasteiger partial charge in [-0.25, -0.2) is 0 Å². The summed E-state index contributed by atoms with van der Waals surface area (Å²) in [5.74, 6) is 0.0266. The van der Waals surface area contributed by atoms with E-state index < -0.39 is 0 Å². The van der Waals surface area contributed by atoms with E-state index in [4.69, 9.17) is 0 Å². The molecule has 0 bridgehead atoms. The maximum Gasteiger partial charge on any atom is 0.184 e. The summed E-state index contributed by atoms with van der Waals surface area (Å²) in [5.41, 5.74) is 0. The lowest BCUT2D eigenvalue weighted by molar-refractivity contribution is -0.124. The van der Waals surface area contributed by atoms with E-state index in [9.17, 15) is 4.79 Å². The van der Waals surface area contributed by atoms with Crippen LogP contribution >= 0.6 is 9.03 Å². The third kappa shape index (κ3) is 1.51. The molecule has 0 saturated carbocycles. The minimum absolute atomic E-state index is 0.0266. The lowest BCUT2D eigenvalue weighted by atomic mass is 10.5. The third-order valence-electron chi connectivity index (χ3n) is 0.584. The Labute approximate surface area is 42.9 Å². The SMILES string of the molecule is O=C1COPOC1. The van der Waals surface area contributed by atoms with Gasteiger partial charge >= 0.3 is 0 Å². The molecule has 0 atom stereocenters. The topological polar surface area (TPSA) is 35.5 Å². The van der Waals surface area contributed by atoms with Gasteiger partial charge in [-0.3, -0.25) is 4.79 Å². The molecule has 0 spiro atoms. The van der Waals surface area contributed by atoms with Crippen LogP contribution in [0.3, 0.4) is 0 Å². The minimum atomic E-state index is 0.0266. The summed E-state index contributed by atoms with van der Waals surface area (Å²) in [7, 11) is 0.0668. The van der Waals surface area contributed by atoms with Crippen molar-refractivity contribution < 1.29 is 13.8 Å². The van der Waals surface area contributed by atoms with Gasteiger partial charge in [0.1, 0.15) is 13.2 Å². The van der Waals surface area contributed by atoms with Crippen molar-refractivity contribution in [2.75, 3.05) is 13.2 Å². The van der Waals surface area contributed by atoms with E-state index in [-0.39, 0.29) is 28.0 Å². The predicted octanol–water partition coefficient (Wildman–Crippen LogP) is 0.111. The Bertz CT molecular complexity index is 74.2. The maximum absolute atomic E-state index is 10.2. The Hall–Kier alpha value is 0.0200. The maximum atomic E-state index is 10.2. The number of carbonyl (C=O) groups excluding carboxylic acids is 1. The summed E-state index contributed by atoms with van der Waals surface area (Å²) in [6.07, 6.45) is 0. The zero-order chi connectivity index (χ0) is 5.11. The van der Waals surface area contributed by atoms with Crippen molar-refractivity contribution in [2.24, 2.45) is 0 Å². The van der Waals surface area contributed by atoms with E-state index in [1.807, 2.05) is 0 Å². The molecule has 0 aromatic carbocycles. The number of carbonyl (C=O) groups is 1. The van der Waals surface area contributed by atoms with E-state index in [1.54, 1.807) is 0 Å². The molecule has 4 heteroatoms. The van der Waals surface area contributed by atoms with Crippen molar-refractivity contribution in [3.8, 4) is 0 Å².